The first-order valence-electron chi connectivity index (χ1n) is 3.97. The Hall–Kier alpha value is -0.950. The summed E-state index contributed by atoms with van der Waals surface area (Å²) in [6.07, 6.45) is 2.67. The number of aryl methyl sites for hydroxylation is 1. The maximum Gasteiger partial charge on any atom is 0.111 e. The molecule has 0 saturated carbocycles. The highest BCUT2D eigenvalue weighted by atomic mass is 35.5. The maximum atomic E-state index is 5.86. The van der Waals surface area contributed by atoms with Crippen LogP contribution >= 0.6 is 11.6 Å². The monoisotopic (exact) mass is 180 g/mol. The van der Waals surface area contributed by atoms with Crippen molar-refractivity contribution in [3.63, 3.8) is 0 Å². The lowest BCUT2D eigenvalue weighted by atomic mass is 10.1. The van der Waals surface area contributed by atoms with Gasteiger partial charge in [0.25, 0.3) is 0 Å². The highest BCUT2D eigenvalue weighted by Gasteiger charge is 2.03. The Morgan fingerprint density at radius 2 is 2.25 bits per heavy atom. The second kappa shape index (κ2) is 2.83. The number of halogens is 1. The number of hydrogen-bond acceptors (Lipinski definition) is 1. The van der Waals surface area contributed by atoms with Crippen LogP contribution in [0.5, 0.6) is 0 Å². The zero-order valence-corrected chi connectivity index (χ0v) is 7.56. The van der Waals surface area contributed by atoms with Crippen LogP contribution in [-0.2, 0) is 6.42 Å². The molecular weight excluding hydrogens is 172 g/mol. The third kappa shape index (κ3) is 1.10. The van der Waals surface area contributed by atoms with Crippen molar-refractivity contribution >= 4 is 22.4 Å². The van der Waals surface area contributed by atoms with E-state index in [0.29, 0.717) is 0 Å². The molecule has 1 nitrogen and oxygen atoms in total. The first-order valence-corrected chi connectivity index (χ1v) is 4.34. The van der Waals surface area contributed by atoms with Gasteiger partial charge in [-0.2, -0.15) is 0 Å². The quantitative estimate of drug-likeness (QED) is 0.653. The normalized spacial score (nSPS) is 10.8. The second-order valence-corrected chi connectivity index (χ2v) is 3.18. The number of fused-ring (bicyclic) bond motifs is 1. The summed E-state index contributed by atoms with van der Waals surface area (Å²) in [5.41, 5.74) is 0. The first-order chi connectivity index (χ1) is 5.81. The van der Waals surface area contributed by atoms with Crippen molar-refractivity contribution in [2.24, 2.45) is 0 Å². The summed E-state index contributed by atoms with van der Waals surface area (Å²) in [5, 5.41) is 3.01. The van der Waals surface area contributed by atoms with Crippen LogP contribution in [-0.4, -0.2) is 0 Å². The zero-order valence-electron chi connectivity index (χ0n) is 6.80. The largest absolute Gasteiger partial charge is 0.468 e. The van der Waals surface area contributed by atoms with Gasteiger partial charge in [0, 0.05) is 22.2 Å². The molecule has 0 amide bonds. The molecule has 0 aliphatic carbocycles. The lowest BCUT2D eigenvalue weighted by molar-refractivity contribution is 0.521. The van der Waals surface area contributed by atoms with E-state index in [0.717, 1.165) is 28.0 Å². The van der Waals surface area contributed by atoms with Crippen molar-refractivity contribution in [2.45, 2.75) is 13.3 Å². The molecule has 12 heavy (non-hydrogen) atoms. The number of hydrogen-bond donors (Lipinski definition) is 0. The van der Waals surface area contributed by atoms with Crippen LogP contribution in [0.1, 0.15) is 12.7 Å². The molecule has 1 aromatic carbocycles. The van der Waals surface area contributed by atoms with Crippen molar-refractivity contribution in [1.82, 2.24) is 0 Å². The smallest absolute Gasteiger partial charge is 0.111 e. The summed E-state index contributed by atoms with van der Waals surface area (Å²) >= 11 is 5.86. The lowest BCUT2D eigenvalue weighted by Gasteiger charge is -1.92. The van der Waals surface area contributed by atoms with E-state index in [2.05, 4.69) is 6.92 Å². The predicted molar refractivity (Wildman–Crippen MR) is 50.6 cm³/mol. The van der Waals surface area contributed by atoms with Gasteiger partial charge in [0.1, 0.15) is 5.76 Å². The minimum atomic E-state index is 0.763. The Balaban J connectivity index is 2.75. The van der Waals surface area contributed by atoms with Crippen LogP contribution in [0.3, 0.4) is 0 Å². The van der Waals surface area contributed by atoms with Gasteiger partial charge < -0.3 is 4.42 Å². The van der Waals surface area contributed by atoms with Crippen molar-refractivity contribution in [1.29, 1.82) is 0 Å². The molecule has 0 unspecified atom stereocenters. The summed E-state index contributed by atoms with van der Waals surface area (Å²) in [6.45, 7) is 2.07. The number of rotatable bonds is 1. The Labute approximate surface area is 75.9 Å². The first kappa shape index (κ1) is 7.69. The molecule has 1 aromatic heterocycles. The summed E-state index contributed by atoms with van der Waals surface area (Å²) in [4.78, 5) is 0. The molecule has 0 aliphatic heterocycles. The minimum Gasteiger partial charge on any atom is -0.468 e. The summed E-state index contributed by atoms with van der Waals surface area (Å²) in [6, 6.07) is 5.79. The van der Waals surface area contributed by atoms with Crippen molar-refractivity contribution in [3.05, 3.63) is 35.2 Å². The highest BCUT2D eigenvalue weighted by molar-refractivity contribution is 6.31. The van der Waals surface area contributed by atoms with Crippen LogP contribution in [0.2, 0.25) is 5.02 Å². The number of benzene rings is 1. The Morgan fingerprint density at radius 1 is 1.42 bits per heavy atom. The fourth-order valence-electron chi connectivity index (χ4n) is 1.34. The standard InChI is InChI=1S/C10H9ClO/c1-2-10-9-5-8(11)4-3-7(9)6-12-10/h3-6H,2H2,1H3. The molecule has 0 fully saturated rings. The van der Waals surface area contributed by atoms with Gasteiger partial charge in [-0.15, -0.1) is 0 Å². The average molecular weight is 181 g/mol. The van der Waals surface area contributed by atoms with E-state index in [1.807, 2.05) is 18.2 Å². The molecular formula is C10H9ClO. The second-order valence-electron chi connectivity index (χ2n) is 2.74. The maximum absolute atomic E-state index is 5.86. The Bertz CT molecular complexity index is 403. The van der Waals surface area contributed by atoms with Crippen LogP contribution in [0.25, 0.3) is 10.8 Å². The SMILES string of the molecule is CCc1occ2ccc(Cl)cc12. The van der Waals surface area contributed by atoms with Gasteiger partial charge in [-0.05, 0) is 18.2 Å². The molecule has 0 bridgehead atoms. The van der Waals surface area contributed by atoms with E-state index < -0.39 is 0 Å². The topological polar surface area (TPSA) is 13.1 Å². The van der Waals surface area contributed by atoms with Gasteiger partial charge in [0.05, 0.1) is 6.26 Å². The molecule has 0 spiro atoms. The molecule has 2 heteroatoms. The third-order valence-corrected chi connectivity index (χ3v) is 2.20. The molecule has 1 heterocycles. The Kier molecular flexibility index (Phi) is 1.81. The summed E-state index contributed by atoms with van der Waals surface area (Å²) < 4.78 is 5.36. The summed E-state index contributed by atoms with van der Waals surface area (Å²) in [5.74, 6) is 1.01. The van der Waals surface area contributed by atoms with Gasteiger partial charge in [-0.3, -0.25) is 0 Å². The van der Waals surface area contributed by atoms with E-state index >= 15 is 0 Å². The molecule has 0 radical (unpaired) electrons. The van der Waals surface area contributed by atoms with E-state index in [1.165, 1.54) is 0 Å². The molecule has 0 saturated heterocycles. The van der Waals surface area contributed by atoms with Crippen LogP contribution < -0.4 is 0 Å². The van der Waals surface area contributed by atoms with E-state index in [1.54, 1.807) is 6.26 Å². The molecule has 62 valence electrons. The third-order valence-electron chi connectivity index (χ3n) is 1.97. The zero-order chi connectivity index (χ0) is 8.55. The number of furan rings is 1. The minimum absolute atomic E-state index is 0.763. The molecule has 2 aromatic rings. The molecule has 2 rings (SSSR count). The predicted octanol–water partition coefficient (Wildman–Crippen LogP) is 3.65. The Morgan fingerprint density at radius 3 is 3.00 bits per heavy atom. The fourth-order valence-corrected chi connectivity index (χ4v) is 1.52. The fraction of sp³-hybridized carbons (Fsp3) is 0.200. The molecule has 0 N–H and O–H groups in total. The lowest BCUT2D eigenvalue weighted by Crippen LogP contribution is -1.74. The van der Waals surface area contributed by atoms with Gasteiger partial charge >= 0.3 is 0 Å². The van der Waals surface area contributed by atoms with E-state index in [4.69, 9.17) is 16.0 Å². The van der Waals surface area contributed by atoms with Gasteiger partial charge in [-0.1, -0.05) is 18.5 Å². The van der Waals surface area contributed by atoms with Crippen molar-refractivity contribution < 1.29 is 4.42 Å². The summed E-state index contributed by atoms with van der Waals surface area (Å²) in [7, 11) is 0. The van der Waals surface area contributed by atoms with Crippen LogP contribution in [0.15, 0.2) is 28.9 Å². The highest BCUT2D eigenvalue weighted by Crippen LogP contribution is 2.24. The van der Waals surface area contributed by atoms with Crippen molar-refractivity contribution in [2.75, 3.05) is 0 Å². The molecule has 0 aliphatic rings. The van der Waals surface area contributed by atoms with Crippen LogP contribution in [0.4, 0.5) is 0 Å². The molecule has 0 atom stereocenters. The van der Waals surface area contributed by atoms with E-state index in [9.17, 15) is 0 Å². The van der Waals surface area contributed by atoms with E-state index in [-0.39, 0.29) is 0 Å². The van der Waals surface area contributed by atoms with Gasteiger partial charge in [-0.25, -0.2) is 0 Å². The van der Waals surface area contributed by atoms with Gasteiger partial charge in [0.15, 0.2) is 0 Å². The van der Waals surface area contributed by atoms with Gasteiger partial charge in [0.2, 0.25) is 0 Å². The average Bonchev–Trinajstić information content (AvgIpc) is 2.46. The van der Waals surface area contributed by atoms with Crippen molar-refractivity contribution in [3.8, 4) is 0 Å². The van der Waals surface area contributed by atoms with Crippen LogP contribution in [0, 0.1) is 0 Å².